The lowest BCUT2D eigenvalue weighted by atomic mass is 9.75. The molecule has 2 heterocycles. The van der Waals surface area contributed by atoms with E-state index in [0.29, 0.717) is 32.8 Å². The molecule has 2 aromatic carbocycles. The number of guanidine groups is 1. The molecular formula is C40H49ClF2N8O6. The normalized spacial score (nSPS) is 18.8. The summed E-state index contributed by atoms with van der Waals surface area (Å²) in [6, 6.07) is 10.1. The van der Waals surface area contributed by atoms with Gasteiger partial charge in [0, 0.05) is 31.9 Å². The van der Waals surface area contributed by atoms with Crippen molar-refractivity contribution in [2.24, 2.45) is 15.4 Å². The number of aliphatic imine (C=N–C) groups is 2. The maximum absolute atomic E-state index is 15.4. The van der Waals surface area contributed by atoms with Crippen LogP contribution in [0.25, 0.3) is 11.1 Å². The van der Waals surface area contributed by atoms with Gasteiger partial charge in [-0.05, 0) is 81.2 Å². The highest BCUT2D eigenvalue weighted by molar-refractivity contribution is 6.34. The van der Waals surface area contributed by atoms with Crippen molar-refractivity contribution in [3.63, 3.8) is 0 Å². The first kappa shape index (κ1) is 42.8. The average Bonchev–Trinajstić information content (AvgIpc) is 3.69. The summed E-state index contributed by atoms with van der Waals surface area (Å²) in [6.07, 6.45) is 2.61. The Morgan fingerprint density at radius 1 is 1.07 bits per heavy atom. The first-order valence-corrected chi connectivity index (χ1v) is 18.8. The molecular weight excluding hydrogens is 762 g/mol. The van der Waals surface area contributed by atoms with Crippen molar-refractivity contribution in [3.05, 3.63) is 76.6 Å². The number of halogens is 3. The fraction of sp³-hybridized carbons (Fsp3) is 0.475. The number of amides is 4. The van der Waals surface area contributed by atoms with E-state index in [-0.39, 0.29) is 29.0 Å². The number of ether oxygens (including phenoxy) is 2. The minimum atomic E-state index is -2.82. The lowest BCUT2D eigenvalue weighted by molar-refractivity contribution is -0.134. The zero-order chi connectivity index (χ0) is 42.0. The summed E-state index contributed by atoms with van der Waals surface area (Å²) in [6.45, 7) is 9.28. The maximum atomic E-state index is 15.4. The Kier molecular flexibility index (Phi) is 12.5. The second-order valence-corrected chi connectivity index (χ2v) is 17.0. The van der Waals surface area contributed by atoms with Gasteiger partial charge in [0.25, 0.3) is 11.8 Å². The number of alkyl halides is 2. The lowest BCUT2D eigenvalue weighted by Gasteiger charge is -2.35. The molecule has 0 unspecified atom stereocenters. The summed E-state index contributed by atoms with van der Waals surface area (Å²) in [5, 5.41) is 9.88. The fourth-order valence-electron chi connectivity index (χ4n) is 6.23. The van der Waals surface area contributed by atoms with E-state index >= 15 is 4.79 Å². The second-order valence-electron chi connectivity index (χ2n) is 16.6. The van der Waals surface area contributed by atoms with Gasteiger partial charge < -0.3 is 25.0 Å². The van der Waals surface area contributed by atoms with Crippen molar-refractivity contribution in [1.29, 1.82) is 0 Å². The van der Waals surface area contributed by atoms with Crippen LogP contribution in [0.4, 0.5) is 18.4 Å². The van der Waals surface area contributed by atoms with Crippen molar-refractivity contribution < 1.29 is 37.4 Å². The van der Waals surface area contributed by atoms with Crippen LogP contribution in [-0.2, 0) is 19.8 Å². The summed E-state index contributed by atoms with van der Waals surface area (Å²) in [5.74, 6) is -0.974. The molecule has 1 aliphatic carbocycles. The first-order chi connectivity index (χ1) is 26.6. The number of amidine groups is 1. The van der Waals surface area contributed by atoms with Crippen LogP contribution < -0.4 is 10.6 Å². The second kappa shape index (κ2) is 16.6. The Balaban J connectivity index is 1.68. The lowest BCUT2D eigenvalue weighted by Crippen LogP contribution is -2.47. The summed E-state index contributed by atoms with van der Waals surface area (Å²) in [7, 11) is 3.47. The fourth-order valence-corrected chi connectivity index (χ4v) is 6.43. The number of alkyl carbamates (subject to hydrolysis) is 1. The number of rotatable bonds is 10. The molecule has 1 saturated heterocycles. The highest BCUT2D eigenvalue weighted by Gasteiger charge is 2.55. The number of hydrogen-bond donors (Lipinski definition) is 2. The molecule has 1 aromatic heterocycles. The van der Waals surface area contributed by atoms with Crippen LogP contribution in [0.2, 0.25) is 5.02 Å². The molecule has 4 amide bonds. The molecule has 0 bridgehead atoms. The monoisotopic (exact) mass is 810 g/mol. The number of carbonyl (C=O) groups excluding carboxylic acids is 4. The van der Waals surface area contributed by atoms with Crippen LogP contribution in [0.15, 0.2) is 64.8 Å². The van der Waals surface area contributed by atoms with Crippen molar-refractivity contribution >= 4 is 47.4 Å². The molecule has 0 spiro atoms. The van der Waals surface area contributed by atoms with Crippen LogP contribution >= 0.6 is 11.6 Å². The molecule has 57 heavy (non-hydrogen) atoms. The van der Waals surface area contributed by atoms with Gasteiger partial charge in [-0.3, -0.25) is 14.5 Å². The minimum Gasteiger partial charge on any atom is -0.447 e. The molecule has 1 saturated carbocycles. The van der Waals surface area contributed by atoms with Gasteiger partial charge in [-0.15, -0.1) is 4.99 Å². The summed E-state index contributed by atoms with van der Waals surface area (Å²) in [4.78, 5) is 66.7. The van der Waals surface area contributed by atoms with E-state index in [4.69, 9.17) is 21.1 Å². The van der Waals surface area contributed by atoms with Crippen molar-refractivity contribution in [1.82, 2.24) is 30.2 Å². The maximum Gasteiger partial charge on any atom is 0.437 e. The third-order valence-corrected chi connectivity index (χ3v) is 9.47. The zero-order valence-corrected chi connectivity index (χ0v) is 34.3. The van der Waals surface area contributed by atoms with Gasteiger partial charge >= 0.3 is 18.7 Å². The summed E-state index contributed by atoms with van der Waals surface area (Å²) >= 11 is 6.55. The number of nitrogens with zero attached hydrogens (tertiary/aromatic N) is 6. The summed E-state index contributed by atoms with van der Waals surface area (Å²) in [5.41, 5.74) is -1.21. The van der Waals surface area contributed by atoms with Gasteiger partial charge in [0.15, 0.2) is 0 Å². The van der Waals surface area contributed by atoms with Gasteiger partial charge in [0.1, 0.15) is 23.6 Å². The van der Waals surface area contributed by atoms with Crippen molar-refractivity contribution in [3.8, 4) is 11.1 Å². The number of hydrogen-bond acceptors (Lipinski definition) is 7. The van der Waals surface area contributed by atoms with Crippen molar-refractivity contribution in [2.45, 2.75) is 97.5 Å². The summed E-state index contributed by atoms with van der Waals surface area (Å²) < 4.78 is 38.5. The molecule has 2 N–H and O–H groups in total. The Morgan fingerprint density at radius 3 is 2.30 bits per heavy atom. The van der Waals surface area contributed by atoms with E-state index in [1.54, 1.807) is 77.0 Å². The smallest absolute Gasteiger partial charge is 0.437 e. The van der Waals surface area contributed by atoms with Gasteiger partial charge in [0.2, 0.25) is 5.96 Å². The van der Waals surface area contributed by atoms with Gasteiger partial charge in [-0.2, -0.15) is 18.9 Å². The Labute approximate surface area is 335 Å². The molecule has 2 aliphatic rings. The Morgan fingerprint density at radius 2 is 1.74 bits per heavy atom. The van der Waals surface area contributed by atoms with Crippen LogP contribution in [0.5, 0.6) is 0 Å². The largest absolute Gasteiger partial charge is 0.447 e. The SMILES string of the molecule is CC(=NC(=O)c1cc([C@@H](COC(=O)NC2CC2)N2C(=O)[C@@](CC(C)(C)C)(c3ccc(-c4cnn(C(F)F)c4)cc3)NC2=NC(=O)OC(C)(C)C)ccc1Cl)N(C)C. The highest BCUT2D eigenvalue weighted by Crippen LogP contribution is 2.43. The van der Waals surface area contributed by atoms with Gasteiger partial charge in [-0.1, -0.05) is 62.7 Å². The minimum absolute atomic E-state index is 0.0275. The quantitative estimate of drug-likeness (QED) is 0.155. The molecule has 306 valence electrons. The first-order valence-electron chi connectivity index (χ1n) is 18.4. The number of aromatic nitrogens is 2. The number of nitrogens with one attached hydrogen (secondary N) is 2. The number of benzene rings is 2. The van der Waals surface area contributed by atoms with E-state index < -0.39 is 59.8 Å². The molecule has 2 fully saturated rings. The molecule has 17 heteroatoms. The van der Waals surface area contributed by atoms with E-state index in [1.807, 2.05) is 20.8 Å². The van der Waals surface area contributed by atoms with E-state index in [0.717, 1.165) is 12.8 Å². The molecule has 14 nitrogen and oxygen atoms in total. The predicted octanol–water partition coefficient (Wildman–Crippen LogP) is 7.70. The topological polar surface area (TPSA) is 160 Å². The Bertz CT molecular complexity index is 2070. The zero-order valence-electron chi connectivity index (χ0n) is 33.5. The average molecular weight is 811 g/mol. The third-order valence-electron chi connectivity index (χ3n) is 9.14. The van der Waals surface area contributed by atoms with Gasteiger partial charge in [-0.25, -0.2) is 14.3 Å². The third kappa shape index (κ3) is 10.5. The molecule has 0 radical (unpaired) electrons. The molecule has 5 rings (SSSR count). The van der Waals surface area contributed by atoms with Crippen LogP contribution in [-0.4, -0.2) is 87.7 Å². The molecule has 2 atom stereocenters. The number of carbonyl (C=O) groups is 4. The standard InChI is InChI=1S/C40H49ClF2N8O6/c1-23(49(8)9)45-32(52)29-18-25(12-17-30(29)41)31(21-56-36(54)46-28-15-16-28)51-33(53)40(22-38(2,3)4,48-35(51)47-37(55)57-39(5,6)7)27-13-10-24(11-14-27)26-19-44-50(20-26)34(42)43/h10-14,17-20,28,31,34H,15-16,21-22H2,1-9H3,(H,46,54)(H,47,48,55)/t31-,40-/m1/s1. The van der Waals surface area contributed by atoms with E-state index in [9.17, 15) is 23.2 Å². The highest BCUT2D eigenvalue weighted by atomic mass is 35.5. The van der Waals surface area contributed by atoms with E-state index in [1.165, 1.54) is 29.4 Å². The Hall–Kier alpha value is -5.38. The molecule has 3 aromatic rings. The van der Waals surface area contributed by atoms with Crippen LogP contribution in [0.3, 0.4) is 0 Å². The van der Waals surface area contributed by atoms with Crippen molar-refractivity contribution in [2.75, 3.05) is 20.7 Å². The predicted molar refractivity (Wildman–Crippen MR) is 211 cm³/mol. The van der Waals surface area contributed by atoms with E-state index in [2.05, 4.69) is 25.7 Å². The van der Waals surface area contributed by atoms with Crippen LogP contribution in [0, 0.1) is 5.41 Å². The van der Waals surface area contributed by atoms with Gasteiger partial charge in [0.05, 0.1) is 22.8 Å². The molecule has 1 aliphatic heterocycles. The van der Waals surface area contributed by atoms with Crippen LogP contribution in [0.1, 0.15) is 102 Å².